The summed E-state index contributed by atoms with van der Waals surface area (Å²) in [6, 6.07) is 12.1. The van der Waals surface area contributed by atoms with E-state index in [2.05, 4.69) is 14.6 Å². The third-order valence-electron chi connectivity index (χ3n) is 5.37. The minimum Gasteiger partial charge on any atom is -0.494 e. The van der Waals surface area contributed by atoms with Gasteiger partial charge in [0.05, 0.1) is 25.2 Å². The Balaban J connectivity index is 1.59. The van der Waals surface area contributed by atoms with Gasteiger partial charge in [-0.1, -0.05) is 13.0 Å². The van der Waals surface area contributed by atoms with Crippen LogP contribution in [0.15, 0.2) is 47.4 Å². The first-order valence-electron chi connectivity index (χ1n) is 10.8. The number of para-hydroxylation sites is 1. The lowest BCUT2D eigenvalue weighted by Crippen LogP contribution is -2.26. The van der Waals surface area contributed by atoms with Crippen molar-refractivity contribution in [3.8, 4) is 11.5 Å². The lowest BCUT2D eigenvalue weighted by molar-refractivity contribution is 0.317. The van der Waals surface area contributed by atoms with Crippen molar-refractivity contribution in [3.63, 3.8) is 0 Å². The summed E-state index contributed by atoms with van der Waals surface area (Å²) in [6.07, 6.45) is 3.10. The van der Waals surface area contributed by atoms with E-state index in [9.17, 15) is 8.42 Å². The number of rotatable bonds is 9. The van der Waals surface area contributed by atoms with E-state index in [-0.39, 0.29) is 11.4 Å². The Labute approximate surface area is 188 Å². The van der Waals surface area contributed by atoms with Crippen LogP contribution in [0.2, 0.25) is 0 Å². The molecular weight excluding hydrogens is 428 g/mol. The standard InChI is InChI=1S/C23H28N4O4S/c1-3-15-31-17-9-11-18(12-10-17)32(28,29)24-16-21-25-22-19(7-6-8-20(22)30-2)23(26-21)27-13-4-5-14-27/h6-12,24H,3-5,13-16H2,1-2H3. The van der Waals surface area contributed by atoms with Gasteiger partial charge in [0, 0.05) is 18.5 Å². The predicted molar refractivity (Wildman–Crippen MR) is 124 cm³/mol. The van der Waals surface area contributed by atoms with Crippen molar-refractivity contribution in [2.45, 2.75) is 37.6 Å². The van der Waals surface area contributed by atoms with Crippen molar-refractivity contribution in [3.05, 3.63) is 48.3 Å². The molecule has 1 aliphatic heterocycles. The van der Waals surface area contributed by atoms with Crippen molar-refractivity contribution in [1.82, 2.24) is 14.7 Å². The number of nitrogens with one attached hydrogen (secondary N) is 1. The zero-order chi connectivity index (χ0) is 22.6. The van der Waals surface area contributed by atoms with Crippen LogP contribution in [-0.2, 0) is 16.6 Å². The normalized spacial score (nSPS) is 14.1. The molecule has 170 valence electrons. The van der Waals surface area contributed by atoms with Gasteiger partial charge in [0.15, 0.2) is 0 Å². The molecule has 0 unspecified atom stereocenters. The maximum Gasteiger partial charge on any atom is 0.240 e. The average Bonchev–Trinajstić information content (AvgIpc) is 3.35. The first-order valence-corrected chi connectivity index (χ1v) is 12.3. The maximum atomic E-state index is 12.8. The van der Waals surface area contributed by atoms with Crippen molar-refractivity contribution in [1.29, 1.82) is 0 Å². The molecule has 9 heteroatoms. The highest BCUT2D eigenvalue weighted by atomic mass is 32.2. The average molecular weight is 457 g/mol. The zero-order valence-corrected chi connectivity index (χ0v) is 19.2. The molecule has 0 amide bonds. The van der Waals surface area contributed by atoms with Crippen LogP contribution in [0.1, 0.15) is 32.0 Å². The Kier molecular flexibility index (Phi) is 6.76. The number of nitrogens with zero attached hydrogens (tertiary/aromatic N) is 3. The summed E-state index contributed by atoms with van der Waals surface area (Å²) < 4.78 is 39.3. The second kappa shape index (κ2) is 9.70. The molecule has 4 rings (SSSR count). The molecule has 0 saturated carbocycles. The number of fused-ring (bicyclic) bond motifs is 1. The van der Waals surface area contributed by atoms with E-state index in [1.807, 2.05) is 25.1 Å². The van der Waals surface area contributed by atoms with E-state index in [1.54, 1.807) is 19.2 Å². The van der Waals surface area contributed by atoms with Gasteiger partial charge in [-0.05, 0) is 55.7 Å². The van der Waals surface area contributed by atoms with E-state index >= 15 is 0 Å². The quantitative estimate of drug-likeness (QED) is 0.527. The summed E-state index contributed by atoms with van der Waals surface area (Å²) >= 11 is 0. The Morgan fingerprint density at radius 3 is 2.50 bits per heavy atom. The van der Waals surface area contributed by atoms with Crippen LogP contribution < -0.4 is 19.1 Å². The highest BCUT2D eigenvalue weighted by Crippen LogP contribution is 2.32. The van der Waals surface area contributed by atoms with E-state index < -0.39 is 10.0 Å². The lowest BCUT2D eigenvalue weighted by Gasteiger charge is -2.20. The van der Waals surface area contributed by atoms with E-state index in [0.29, 0.717) is 29.4 Å². The molecule has 1 aromatic heterocycles. The molecule has 0 radical (unpaired) electrons. The second-order valence-electron chi connectivity index (χ2n) is 7.66. The maximum absolute atomic E-state index is 12.8. The molecule has 1 aliphatic rings. The fourth-order valence-corrected chi connectivity index (χ4v) is 4.73. The monoisotopic (exact) mass is 456 g/mol. The predicted octanol–water partition coefficient (Wildman–Crippen LogP) is 3.51. The highest BCUT2D eigenvalue weighted by molar-refractivity contribution is 7.89. The number of hydrogen-bond donors (Lipinski definition) is 1. The number of sulfonamides is 1. The smallest absolute Gasteiger partial charge is 0.240 e. The molecule has 1 N–H and O–H groups in total. The van der Waals surface area contributed by atoms with Crippen molar-refractivity contribution < 1.29 is 17.9 Å². The second-order valence-corrected chi connectivity index (χ2v) is 9.43. The molecule has 0 spiro atoms. The molecule has 1 saturated heterocycles. The van der Waals surface area contributed by atoms with E-state index in [0.717, 1.165) is 43.6 Å². The first-order chi connectivity index (χ1) is 15.5. The number of methoxy groups -OCH3 is 1. The number of benzene rings is 2. The Hall–Kier alpha value is -2.91. The van der Waals surface area contributed by atoms with Gasteiger partial charge in [0.2, 0.25) is 10.0 Å². The first kappa shape index (κ1) is 22.3. The minimum absolute atomic E-state index is 0.0226. The number of anilines is 1. The number of aromatic nitrogens is 2. The molecule has 8 nitrogen and oxygen atoms in total. The lowest BCUT2D eigenvalue weighted by atomic mass is 10.2. The summed E-state index contributed by atoms with van der Waals surface area (Å²) in [7, 11) is -2.13. The van der Waals surface area contributed by atoms with Crippen LogP contribution in [0.25, 0.3) is 10.9 Å². The van der Waals surface area contributed by atoms with E-state index in [1.165, 1.54) is 12.1 Å². The fraction of sp³-hybridized carbons (Fsp3) is 0.391. The van der Waals surface area contributed by atoms with Gasteiger partial charge < -0.3 is 14.4 Å². The molecule has 0 aliphatic carbocycles. The molecule has 1 fully saturated rings. The van der Waals surface area contributed by atoms with Gasteiger partial charge in [0.25, 0.3) is 0 Å². The SMILES string of the molecule is CCCOc1ccc(S(=O)(=O)NCc2nc(N3CCCC3)c3cccc(OC)c3n2)cc1. The van der Waals surface area contributed by atoms with Gasteiger partial charge in [-0.25, -0.2) is 23.1 Å². The molecule has 2 aromatic carbocycles. The number of ether oxygens (including phenoxy) is 2. The Morgan fingerprint density at radius 2 is 1.81 bits per heavy atom. The van der Waals surface area contributed by atoms with Gasteiger partial charge in [-0.2, -0.15) is 0 Å². The molecule has 0 bridgehead atoms. The Bertz CT molecular complexity index is 1180. The fourth-order valence-electron chi connectivity index (χ4n) is 3.75. The number of hydrogen-bond acceptors (Lipinski definition) is 7. The van der Waals surface area contributed by atoms with Crippen LogP contribution in [0.5, 0.6) is 11.5 Å². The van der Waals surface area contributed by atoms with Gasteiger partial charge in [0.1, 0.15) is 28.7 Å². The Morgan fingerprint density at radius 1 is 1.06 bits per heavy atom. The molecule has 0 atom stereocenters. The van der Waals surface area contributed by atoms with Crippen LogP contribution >= 0.6 is 0 Å². The molecular formula is C23H28N4O4S. The largest absolute Gasteiger partial charge is 0.494 e. The van der Waals surface area contributed by atoms with Gasteiger partial charge >= 0.3 is 0 Å². The zero-order valence-electron chi connectivity index (χ0n) is 18.4. The minimum atomic E-state index is -3.73. The van der Waals surface area contributed by atoms with Crippen molar-refractivity contribution in [2.75, 3.05) is 31.7 Å². The summed E-state index contributed by atoms with van der Waals surface area (Å²) in [5.41, 5.74) is 0.679. The third kappa shape index (κ3) is 4.78. The van der Waals surface area contributed by atoms with Gasteiger partial charge in [-0.3, -0.25) is 0 Å². The van der Waals surface area contributed by atoms with Crippen LogP contribution in [0, 0.1) is 0 Å². The van der Waals surface area contributed by atoms with E-state index in [4.69, 9.17) is 14.5 Å². The van der Waals surface area contributed by atoms with Crippen LogP contribution in [0.3, 0.4) is 0 Å². The van der Waals surface area contributed by atoms with Gasteiger partial charge in [-0.15, -0.1) is 0 Å². The van der Waals surface area contributed by atoms with Crippen molar-refractivity contribution >= 4 is 26.7 Å². The highest BCUT2D eigenvalue weighted by Gasteiger charge is 2.21. The molecule has 2 heterocycles. The third-order valence-corrected chi connectivity index (χ3v) is 6.79. The van der Waals surface area contributed by atoms with Crippen LogP contribution in [-0.4, -0.2) is 45.2 Å². The summed E-state index contributed by atoms with van der Waals surface area (Å²) in [5, 5.41) is 0.903. The summed E-state index contributed by atoms with van der Waals surface area (Å²) in [4.78, 5) is 11.7. The summed E-state index contributed by atoms with van der Waals surface area (Å²) in [6.45, 7) is 4.42. The topological polar surface area (TPSA) is 93.7 Å². The molecule has 3 aromatic rings. The summed E-state index contributed by atoms with van der Waals surface area (Å²) in [5.74, 6) is 2.50. The van der Waals surface area contributed by atoms with Crippen molar-refractivity contribution in [2.24, 2.45) is 0 Å². The van der Waals surface area contributed by atoms with Crippen LogP contribution in [0.4, 0.5) is 5.82 Å². The molecule has 32 heavy (non-hydrogen) atoms.